The van der Waals surface area contributed by atoms with Crippen LogP contribution in [-0.4, -0.2) is 0 Å². The van der Waals surface area contributed by atoms with Crippen LogP contribution in [0, 0.1) is 0 Å². The van der Waals surface area contributed by atoms with Gasteiger partial charge in [-0.3, -0.25) is 0 Å². The number of benzene rings is 2. The van der Waals surface area contributed by atoms with Crippen LogP contribution in [-0.2, 0) is 0 Å². The summed E-state index contributed by atoms with van der Waals surface area (Å²) in [5.74, 6) is 0. The lowest BCUT2D eigenvalue weighted by molar-refractivity contribution is 0.891. The van der Waals surface area contributed by atoms with E-state index in [1.54, 1.807) is 11.3 Å². The van der Waals surface area contributed by atoms with Crippen molar-refractivity contribution in [3.05, 3.63) is 63.3 Å². The molecule has 0 bridgehead atoms. The third kappa shape index (κ3) is 2.82. The summed E-state index contributed by atoms with van der Waals surface area (Å²) in [7, 11) is 0. The van der Waals surface area contributed by atoms with Gasteiger partial charge in [0, 0.05) is 16.2 Å². The number of hydrogen-bond acceptors (Lipinski definition) is 2. The topological polar surface area (TPSA) is 12.0 Å². The van der Waals surface area contributed by atoms with E-state index in [4.69, 9.17) is 0 Å². The van der Waals surface area contributed by atoms with Crippen molar-refractivity contribution in [2.75, 3.05) is 5.32 Å². The Bertz CT molecular complexity index is 691. The minimum atomic E-state index is 0.333. The Balaban J connectivity index is 1.87. The number of hydrogen-bond donors (Lipinski definition) is 1. The molecular weight excluding hydrogens is 318 g/mol. The first-order valence-corrected chi connectivity index (χ1v) is 7.94. The van der Waals surface area contributed by atoms with Crippen molar-refractivity contribution in [2.24, 2.45) is 0 Å². The summed E-state index contributed by atoms with van der Waals surface area (Å²) in [5, 5.41) is 10.4. The summed E-state index contributed by atoms with van der Waals surface area (Å²) in [5.41, 5.74) is 2.49. The number of nitrogens with one attached hydrogen (secondary N) is 1. The highest BCUT2D eigenvalue weighted by Crippen LogP contribution is 2.26. The van der Waals surface area contributed by atoms with Crippen molar-refractivity contribution in [3.8, 4) is 0 Å². The average Bonchev–Trinajstić information content (AvgIpc) is 2.93. The molecule has 3 aromatic rings. The van der Waals surface area contributed by atoms with Gasteiger partial charge in [0.25, 0.3) is 0 Å². The second kappa shape index (κ2) is 5.35. The van der Waals surface area contributed by atoms with Crippen molar-refractivity contribution in [2.45, 2.75) is 13.0 Å². The summed E-state index contributed by atoms with van der Waals surface area (Å²) in [6, 6.07) is 15.3. The van der Waals surface area contributed by atoms with Gasteiger partial charge in [0.2, 0.25) is 0 Å². The second-order valence-corrected chi connectivity index (χ2v) is 6.32. The fraction of sp³-hybridized carbons (Fsp3) is 0.125. The third-order valence-corrected chi connectivity index (χ3v) is 4.42. The van der Waals surface area contributed by atoms with E-state index in [-0.39, 0.29) is 0 Å². The molecule has 1 N–H and O–H groups in total. The summed E-state index contributed by atoms with van der Waals surface area (Å²) >= 11 is 5.24. The minimum absolute atomic E-state index is 0.333. The molecular formula is C16H14BrNS. The quantitative estimate of drug-likeness (QED) is 0.635. The van der Waals surface area contributed by atoms with Gasteiger partial charge in [-0.25, -0.2) is 0 Å². The maximum absolute atomic E-state index is 3.55. The lowest BCUT2D eigenvalue weighted by Crippen LogP contribution is -2.05. The number of anilines is 1. The summed E-state index contributed by atoms with van der Waals surface area (Å²) in [6.45, 7) is 2.19. The molecule has 1 nitrogen and oxygen atoms in total. The molecule has 0 aliphatic rings. The van der Waals surface area contributed by atoms with Crippen LogP contribution in [0.1, 0.15) is 18.5 Å². The van der Waals surface area contributed by atoms with Gasteiger partial charge in [-0.05, 0) is 64.4 Å². The first-order valence-electron chi connectivity index (χ1n) is 6.20. The largest absolute Gasteiger partial charge is 0.378 e. The highest BCUT2D eigenvalue weighted by Gasteiger charge is 2.05. The van der Waals surface area contributed by atoms with Gasteiger partial charge in [-0.15, -0.1) is 0 Å². The molecule has 0 aliphatic carbocycles. The Morgan fingerprint density at radius 3 is 2.63 bits per heavy atom. The minimum Gasteiger partial charge on any atom is -0.378 e. The molecule has 0 radical (unpaired) electrons. The Hall–Kier alpha value is -1.32. The van der Waals surface area contributed by atoms with E-state index >= 15 is 0 Å². The van der Waals surface area contributed by atoms with Crippen LogP contribution in [0.15, 0.2) is 57.7 Å². The maximum atomic E-state index is 3.55. The molecule has 2 aromatic carbocycles. The molecule has 3 heteroatoms. The van der Waals surface area contributed by atoms with Gasteiger partial charge >= 0.3 is 0 Å². The number of thiophene rings is 1. The van der Waals surface area contributed by atoms with E-state index in [1.165, 1.54) is 16.3 Å². The Kier molecular flexibility index (Phi) is 3.58. The van der Waals surface area contributed by atoms with Gasteiger partial charge in [-0.1, -0.05) is 28.1 Å². The zero-order valence-corrected chi connectivity index (χ0v) is 13.0. The van der Waals surface area contributed by atoms with E-state index in [0.29, 0.717) is 6.04 Å². The van der Waals surface area contributed by atoms with E-state index in [2.05, 4.69) is 81.4 Å². The molecule has 0 amide bonds. The fourth-order valence-corrected chi connectivity index (χ4v) is 3.29. The van der Waals surface area contributed by atoms with Crippen molar-refractivity contribution in [1.29, 1.82) is 0 Å². The first kappa shape index (κ1) is 12.7. The van der Waals surface area contributed by atoms with Crippen LogP contribution < -0.4 is 5.32 Å². The summed E-state index contributed by atoms with van der Waals surface area (Å²) < 4.78 is 1.12. The van der Waals surface area contributed by atoms with Gasteiger partial charge in [0.05, 0.1) is 0 Å². The molecule has 0 fully saturated rings. The SMILES string of the molecule is CC(Nc1ccc2cc(Br)ccc2c1)c1ccsc1. The fourth-order valence-electron chi connectivity index (χ4n) is 2.16. The lowest BCUT2D eigenvalue weighted by atomic mass is 10.1. The monoisotopic (exact) mass is 331 g/mol. The van der Waals surface area contributed by atoms with E-state index < -0.39 is 0 Å². The predicted octanol–water partition coefficient (Wildman–Crippen LogP) is 5.84. The Morgan fingerprint density at radius 1 is 1.05 bits per heavy atom. The highest BCUT2D eigenvalue weighted by molar-refractivity contribution is 9.10. The smallest absolute Gasteiger partial charge is 0.0493 e. The maximum Gasteiger partial charge on any atom is 0.0493 e. The van der Waals surface area contributed by atoms with E-state index in [1.807, 2.05) is 0 Å². The lowest BCUT2D eigenvalue weighted by Gasteiger charge is -2.14. The molecule has 0 aliphatic heterocycles. The zero-order chi connectivity index (χ0) is 13.2. The first-order chi connectivity index (χ1) is 9.22. The van der Waals surface area contributed by atoms with Crippen LogP contribution in [0.4, 0.5) is 5.69 Å². The van der Waals surface area contributed by atoms with Crippen molar-refractivity contribution >= 4 is 43.7 Å². The Labute approximate surface area is 125 Å². The van der Waals surface area contributed by atoms with Crippen LogP contribution in [0.25, 0.3) is 10.8 Å². The number of halogens is 1. The van der Waals surface area contributed by atoms with E-state index in [0.717, 1.165) is 10.2 Å². The number of rotatable bonds is 3. The van der Waals surface area contributed by atoms with Gasteiger partial charge in [0.15, 0.2) is 0 Å². The molecule has 1 unspecified atom stereocenters. The molecule has 19 heavy (non-hydrogen) atoms. The van der Waals surface area contributed by atoms with Crippen molar-refractivity contribution in [3.63, 3.8) is 0 Å². The second-order valence-electron chi connectivity index (χ2n) is 4.63. The van der Waals surface area contributed by atoms with Crippen LogP contribution in [0.2, 0.25) is 0 Å². The zero-order valence-electron chi connectivity index (χ0n) is 10.6. The third-order valence-electron chi connectivity index (χ3n) is 3.23. The van der Waals surface area contributed by atoms with Crippen LogP contribution in [0.5, 0.6) is 0 Å². The highest BCUT2D eigenvalue weighted by atomic mass is 79.9. The predicted molar refractivity (Wildman–Crippen MR) is 88.0 cm³/mol. The molecule has 0 saturated carbocycles. The normalized spacial score (nSPS) is 12.5. The van der Waals surface area contributed by atoms with Gasteiger partial charge < -0.3 is 5.32 Å². The average molecular weight is 332 g/mol. The summed E-state index contributed by atoms with van der Waals surface area (Å²) in [4.78, 5) is 0. The van der Waals surface area contributed by atoms with Crippen LogP contribution >= 0.6 is 27.3 Å². The molecule has 0 spiro atoms. The van der Waals surface area contributed by atoms with Gasteiger partial charge in [0.1, 0.15) is 0 Å². The standard InChI is InChI=1S/C16H14BrNS/c1-11(14-6-7-19-10-14)18-16-5-3-12-8-15(17)4-2-13(12)9-16/h2-11,18H,1H3. The summed E-state index contributed by atoms with van der Waals surface area (Å²) in [6.07, 6.45) is 0. The van der Waals surface area contributed by atoms with E-state index in [9.17, 15) is 0 Å². The number of fused-ring (bicyclic) bond motifs is 1. The molecule has 3 rings (SSSR count). The van der Waals surface area contributed by atoms with Crippen molar-refractivity contribution < 1.29 is 0 Å². The van der Waals surface area contributed by atoms with Gasteiger partial charge in [-0.2, -0.15) is 11.3 Å². The Morgan fingerprint density at radius 2 is 1.84 bits per heavy atom. The molecule has 1 atom stereocenters. The molecule has 0 saturated heterocycles. The molecule has 1 aromatic heterocycles. The van der Waals surface area contributed by atoms with Crippen molar-refractivity contribution in [1.82, 2.24) is 0 Å². The van der Waals surface area contributed by atoms with Crippen LogP contribution in [0.3, 0.4) is 0 Å². The molecule has 1 heterocycles. The molecule has 96 valence electrons.